The number of carboxylic acid groups (broad SMARTS) is 1. The lowest BCUT2D eigenvalue weighted by molar-refractivity contribution is -0.138. The van der Waals surface area contributed by atoms with Crippen molar-refractivity contribution in [2.45, 2.75) is 26.3 Å². The number of carboxylic acids is 1. The fourth-order valence-electron chi connectivity index (χ4n) is 3.01. The molecule has 1 heterocycles. The lowest BCUT2D eigenvalue weighted by Crippen LogP contribution is -2.22. The molecule has 0 spiro atoms. The summed E-state index contributed by atoms with van der Waals surface area (Å²) in [6, 6.07) is 13.0. The summed E-state index contributed by atoms with van der Waals surface area (Å²) in [4.78, 5) is 26.2. The minimum absolute atomic E-state index is 0.000998. The predicted octanol–water partition coefficient (Wildman–Crippen LogP) is 3.45. The van der Waals surface area contributed by atoms with Crippen LogP contribution in [0.5, 0.6) is 0 Å². The molecule has 118 valence electrons. The molecule has 3 rings (SSSR count). The summed E-state index contributed by atoms with van der Waals surface area (Å²) in [5, 5.41) is 9.23. The van der Waals surface area contributed by atoms with Crippen LogP contribution in [0.1, 0.15) is 46.8 Å². The molecule has 0 saturated heterocycles. The Morgan fingerprint density at radius 1 is 1.22 bits per heavy atom. The minimum Gasteiger partial charge on any atom is -0.481 e. The van der Waals surface area contributed by atoms with Gasteiger partial charge in [-0.05, 0) is 37.1 Å². The molecule has 0 saturated carbocycles. The van der Waals surface area contributed by atoms with Gasteiger partial charge in [-0.25, -0.2) is 0 Å². The Kier molecular flexibility index (Phi) is 3.90. The van der Waals surface area contributed by atoms with Crippen LogP contribution < -0.4 is 4.90 Å². The van der Waals surface area contributed by atoms with E-state index in [0.29, 0.717) is 17.7 Å². The van der Waals surface area contributed by atoms with Crippen LogP contribution in [0.2, 0.25) is 0 Å². The molecule has 0 fully saturated rings. The molecule has 1 aliphatic heterocycles. The van der Waals surface area contributed by atoms with Crippen LogP contribution in [0.3, 0.4) is 0 Å². The summed E-state index contributed by atoms with van der Waals surface area (Å²) in [6.45, 7) is 5.10. The fraction of sp³-hybridized carbons (Fsp3) is 0.263. The maximum absolute atomic E-state index is 12.9. The van der Waals surface area contributed by atoms with Crippen LogP contribution in [-0.2, 0) is 11.3 Å². The summed E-state index contributed by atoms with van der Waals surface area (Å²) < 4.78 is 0. The lowest BCUT2D eigenvalue weighted by Gasteiger charge is -2.24. The number of carbonyl (C=O) groups excluding carboxylic acids is 1. The number of hydrogen-bond acceptors (Lipinski definition) is 3. The van der Waals surface area contributed by atoms with Crippen molar-refractivity contribution in [2.75, 3.05) is 11.4 Å². The highest BCUT2D eigenvalue weighted by atomic mass is 16.4. The highest BCUT2D eigenvalue weighted by Crippen LogP contribution is 2.33. The fourth-order valence-corrected chi connectivity index (χ4v) is 3.01. The van der Waals surface area contributed by atoms with Gasteiger partial charge in [0.05, 0.1) is 5.92 Å². The van der Waals surface area contributed by atoms with Gasteiger partial charge in [-0.1, -0.05) is 30.3 Å². The van der Waals surface area contributed by atoms with E-state index in [9.17, 15) is 14.7 Å². The van der Waals surface area contributed by atoms with Gasteiger partial charge in [0.2, 0.25) is 0 Å². The van der Waals surface area contributed by atoms with Crippen LogP contribution in [0.15, 0.2) is 42.5 Å². The number of carbonyl (C=O) groups is 2. The van der Waals surface area contributed by atoms with Crippen LogP contribution in [0, 0.1) is 0 Å². The zero-order chi connectivity index (χ0) is 16.6. The van der Waals surface area contributed by atoms with Crippen LogP contribution in [0.25, 0.3) is 0 Å². The van der Waals surface area contributed by atoms with E-state index in [1.165, 1.54) is 0 Å². The molecular formula is C19H19NO3. The topological polar surface area (TPSA) is 57.6 Å². The normalized spacial score (nSPS) is 14.7. The van der Waals surface area contributed by atoms with E-state index in [1.54, 1.807) is 19.1 Å². The van der Waals surface area contributed by atoms with Crippen molar-refractivity contribution < 1.29 is 14.7 Å². The number of aliphatic carboxylic acids is 1. The Morgan fingerprint density at radius 3 is 2.65 bits per heavy atom. The van der Waals surface area contributed by atoms with Crippen molar-refractivity contribution in [3.8, 4) is 0 Å². The van der Waals surface area contributed by atoms with Gasteiger partial charge in [0.25, 0.3) is 0 Å². The highest BCUT2D eigenvalue weighted by Gasteiger charge is 2.26. The van der Waals surface area contributed by atoms with Gasteiger partial charge in [0.15, 0.2) is 5.78 Å². The van der Waals surface area contributed by atoms with Crippen molar-refractivity contribution in [1.82, 2.24) is 0 Å². The first-order valence-corrected chi connectivity index (χ1v) is 7.77. The summed E-state index contributed by atoms with van der Waals surface area (Å²) in [5.74, 6) is -1.46. The molecule has 1 aliphatic rings. The second-order valence-corrected chi connectivity index (χ2v) is 5.84. The van der Waals surface area contributed by atoms with Crippen molar-refractivity contribution in [1.29, 1.82) is 0 Å². The average molecular weight is 309 g/mol. The van der Waals surface area contributed by atoms with Crippen LogP contribution >= 0.6 is 0 Å². The van der Waals surface area contributed by atoms with E-state index in [0.717, 1.165) is 23.4 Å². The van der Waals surface area contributed by atoms with Crippen molar-refractivity contribution >= 4 is 17.4 Å². The van der Waals surface area contributed by atoms with E-state index >= 15 is 0 Å². The van der Waals surface area contributed by atoms with E-state index in [1.807, 2.05) is 37.3 Å². The second-order valence-electron chi connectivity index (χ2n) is 5.84. The van der Waals surface area contributed by atoms with Gasteiger partial charge in [0.1, 0.15) is 0 Å². The minimum atomic E-state index is -0.865. The number of benzene rings is 2. The molecule has 4 nitrogen and oxygen atoms in total. The van der Waals surface area contributed by atoms with E-state index in [4.69, 9.17) is 0 Å². The van der Waals surface area contributed by atoms with Gasteiger partial charge in [-0.2, -0.15) is 0 Å². The number of fused-ring (bicyclic) bond motifs is 2. The maximum atomic E-state index is 12.9. The summed E-state index contributed by atoms with van der Waals surface area (Å²) >= 11 is 0. The van der Waals surface area contributed by atoms with Gasteiger partial charge in [-0.15, -0.1) is 0 Å². The largest absolute Gasteiger partial charge is 0.481 e. The number of hydrogen-bond donors (Lipinski definition) is 1. The monoisotopic (exact) mass is 309 g/mol. The standard InChI is InChI=1S/C19H19NO3/c1-3-20-11-14-6-4-5-7-15(14)18(21)16-9-8-13(10-17(16)20)12(2)19(22)23/h4-10,12H,3,11H2,1-2H3,(H,22,23). The number of anilines is 1. The Bertz CT molecular complexity index is 782. The van der Waals surface area contributed by atoms with Crippen molar-refractivity contribution in [3.05, 3.63) is 64.7 Å². The Morgan fingerprint density at radius 2 is 1.96 bits per heavy atom. The van der Waals surface area contributed by atoms with Gasteiger partial charge in [0, 0.05) is 29.9 Å². The van der Waals surface area contributed by atoms with E-state index in [-0.39, 0.29) is 5.78 Å². The van der Waals surface area contributed by atoms with Crippen molar-refractivity contribution in [2.24, 2.45) is 0 Å². The molecule has 1 atom stereocenters. The number of rotatable bonds is 3. The van der Waals surface area contributed by atoms with Crippen LogP contribution in [-0.4, -0.2) is 23.4 Å². The molecule has 0 amide bonds. The smallest absolute Gasteiger partial charge is 0.310 e. The van der Waals surface area contributed by atoms with E-state index < -0.39 is 11.9 Å². The number of nitrogens with zero attached hydrogens (tertiary/aromatic N) is 1. The molecule has 2 aromatic rings. The molecule has 2 aromatic carbocycles. The zero-order valence-electron chi connectivity index (χ0n) is 13.2. The summed E-state index contributed by atoms with van der Waals surface area (Å²) in [7, 11) is 0. The Balaban J connectivity index is 2.16. The second kappa shape index (κ2) is 5.88. The van der Waals surface area contributed by atoms with Gasteiger partial charge in [-0.3, -0.25) is 9.59 Å². The van der Waals surface area contributed by atoms with Crippen molar-refractivity contribution in [3.63, 3.8) is 0 Å². The average Bonchev–Trinajstić information content (AvgIpc) is 2.69. The molecule has 1 unspecified atom stereocenters. The molecule has 23 heavy (non-hydrogen) atoms. The Labute approximate surface area is 135 Å². The highest BCUT2D eigenvalue weighted by molar-refractivity contribution is 6.14. The summed E-state index contributed by atoms with van der Waals surface area (Å²) in [6.07, 6.45) is 0. The third-order valence-corrected chi connectivity index (χ3v) is 4.48. The number of ketones is 1. The first kappa shape index (κ1) is 15.3. The maximum Gasteiger partial charge on any atom is 0.310 e. The van der Waals surface area contributed by atoms with Gasteiger partial charge < -0.3 is 10.0 Å². The molecule has 0 radical (unpaired) electrons. The first-order chi connectivity index (χ1) is 11.0. The molecule has 0 aliphatic carbocycles. The quantitative estimate of drug-likeness (QED) is 0.943. The third-order valence-electron chi connectivity index (χ3n) is 4.48. The zero-order valence-corrected chi connectivity index (χ0v) is 13.2. The molecule has 4 heteroatoms. The third kappa shape index (κ3) is 2.61. The predicted molar refractivity (Wildman–Crippen MR) is 89.1 cm³/mol. The van der Waals surface area contributed by atoms with E-state index in [2.05, 4.69) is 4.90 Å². The summed E-state index contributed by atoms with van der Waals surface area (Å²) in [5.41, 5.74) is 3.90. The molecule has 0 bridgehead atoms. The van der Waals surface area contributed by atoms with Gasteiger partial charge >= 0.3 is 5.97 Å². The molecular weight excluding hydrogens is 290 g/mol. The molecule has 1 N–H and O–H groups in total. The SMILES string of the molecule is CCN1Cc2ccccc2C(=O)c2ccc(C(C)C(=O)O)cc21. The lowest BCUT2D eigenvalue weighted by atomic mass is 9.95. The molecule has 0 aromatic heterocycles. The Hall–Kier alpha value is -2.62. The van der Waals surface area contributed by atoms with Crippen LogP contribution in [0.4, 0.5) is 5.69 Å². The first-order valence-electron chi connectivity index (χ1n) is 7.77.